The van der Waals surface area contributed by atoms with Gasteiger partial charge in [-0.25, -0.2) is 8.42 Å². The third-order valence-corrected chi connectivity index (χ3v) is 8.73. The lowest BCUT2D eigenvalue weighted by atomic mass is 10.1. The van der Waals surface area contributed by atoms with Gasteiger partial charge < -0.3 is 19.7 Å². The molecule has 42 heavy (non-hydrogen) atoms. The number of halogens is 1. The summed E-state index contributed by atoms with van der Waals surface area (Å²) in [5, 5.41) is 3.18. The van der Waals surface area contributed by atoms with Gasteiger partial charge in [0.15, 0.2) is 0 Å². The first-order valence-electron chi connectivity index (χ1n) is 13.8. The zero-order valence-corrected chi connectivity index (χ0v) is 26.0. The van der Waals surface area contributed by atoms with Gasteiger partial charge in [-0.05, 0) is 60.9 Å². The van der Waals surface area contributed by atoms with Crippen molar-refractivity contribution < 1.29 is 27.5 Å². The van der Waals surface area contributed by atoms with Gasteiger partial charge in [0.05, 0.1) is 24.8 Å². The third kappa shape index (κ3) is 8.17. The molecule has 226 valence electrons. The summed E-state index contributed by atoms with van der Waals surface area (Å²) in [4.78, 5) is 29.0. The maximum absolute atomic E-state index is 14.2. The first-order valence-corrected chi connectivity index (χ1v) is 15.6. The van der Waals surface area contributed by atoms with E-state index < -0.39 is 28.5 Å². The van der Waals surface area contributed by atoms with Crippen LogP contribution in [0.5, 0.6) is 11.5 Å². The summed E-state index contributed by atoms with van der Waals surface area (Å²) < 4.78 is 39.8. The normalized spacial score (nSPS) is 11.8. The fraction of sp³-hybridized carbons (Fsp3) is 0.355. The second-order valence-corrected chi connectivity index (χ2v) is 11.9. The number of amides is 2. The molecule has 0 radical (unpaired) electrons. The van der Waals surface area contributed by atoms with Crippen LogP contribution in [0, 0.1) is 0 Å². The van der Waals surface area contributed by atoms with Crippen LogP contribution < -0.4 is 19.1 Å². The lowest BCUT2D eigenvalue weighted by Gasteiger charge is -2.33. The molecule has 0 aliphatic heterocycles. The molecule has 0 unspecified atom stereocenters. The van der Waals surface area contributed by atoms with Crippen molar-refractivity contribution in [3.63, 3.8) is 0 Å². The zero-order valence-electron chi connectivity index (χ0n) is 24.4. The fourth-order valence-electron chi connectivity index (χ4n) is 4.48. The largest absolute Gasteiger partial charge is 0.497 e. The highest BCUT2D eigenvalue weighted by molar-refractivity contribution is 7.92. The smallest absolute Gasteiger partial charge is 0.264 e. The van der Waals surface area contributed by atoms with E-state index in [-0.39, 0.29) is 33.8 Å². The molecular weight excluding hydrogens is 578 g/mol. The molecule has 0 saturated carbocycles. The first-order chi connectivity index (χ1) is 20.2. The summed E-state index contributed by atoms with van der Waals surface area (Å²) in [6, 6.07) is 18.7. The monoisotopic (exact) mass is 615 g/mol. The minimum absolute atomic E-state index is 0.0106. The third-order valence-electron chi connectivity index (χ3n) is 6.72. The summed E-state index contributed by atoms with van der Waals surface area (Å²) in [6.07, 6.45) is 2.01. The van der Waals surface area contributed by atoms with Crippen molar-refractivity contribution in [3.05, 3.63) is 83.4 Å². The van der Waals surface area contributed by atoms with Gasteiger partial charge in [-0.3, -0.25) is 13.9 Å². The van der Waals surface area contributed by atoms with Crippen LogP contribution >= 0.6 is 11.6 Å². The van der Waals surface area contributed by atoms with Gasteiger partial charge in [0, 0.05) is 18.1 Å². The molecule has 9 nitrogen and oxygen atoms in total. The number of methoxy groups -OCH3 is 2. The Hall–Kier alpha value is -3.76. The van der Waals surface area contributed by atoms with Gasteiger partial charge in [0.1, 0.15) is 24.1 Å². The van der Waals surface area contributed by atoms with E-state index in [1.807, 2.05) is 19.9 Å². The SMILES string of the molecule is CCCCNC(=O)[C@@H](CC)N(Cc1cccc(OC)c1)C(=O)CN(c1cc(Cl)ccc1OC)S(=O)(=O)c1ccccc1. The number of hydrogen-bond acceptors (Lipinski definition) is 6. The van der Waals surface area contributed by atoms with Gasteiger partial charge >= 0.3 is 0 Å². The molecule has 0 aliphatic carbocycles. The van der Waals surface area contributed by atoms with Crippen LogP contribution in [0.2, 0.25) is 5.02 Å². The molecule has 0 heterocycles. The summed E-state index contributed by atoms with van der Waals surface area (Å²) in [5.74, 6) is -0.0652. The number of hydrogen-bond donors (Lipinski definition) is 1. The molecular formula is C31H38ClN3O6S. The molecule has 1 N–H and O–H groups in total. The molecule has 0 bridgehead atoms. The lowest BCUT2D eigenvalue weighted by molar-refractivity contribution is -0.140. The van der Waals surface area contributed by atoms with Crippen LogP contribution in [0.25, 0.3) is 0 Å². The van der Waals surface area contributed by atoms with Gasteiger partial charge in [-0.2, -0.15) is 0 Å². The van der Waals surface area contributed by atoms with Crippen molar-refractivity contribution in [1.29, 1.82) is 0 Å². The topological polar surface area (TPSA) is 105 Å². The highest BCUT2D eigenvalue weighted by Crippen LogP contribution is 2.35. The highest BCUT2D eigenvalue weighted by Gasteiger charge is 2.34. The van der Waals surface area contributed by atoms with E-state index in [4.69, 9.17) is 21.1 Å². The Bertz CT molecular complexity index is 1450. The molecule has 2 amide bonds. The Kier molecular flexibility index (Phi) is 12.1. The van der Waals surface area contributed by atoms with E-state index in [2.05, 4.69) is 5.32 Å². The minimum atomic E-state index is -4.26. The van der Waals surface area contributed by atoms with Crippen LogP contribution in [0.1, 0.15) is 38.7 Å². The van der Waals surface area contributed by atoms with Crippen LogP contribution in [0.15, 0.2) is 77.7 Å². The van der Waals surface area contributed by atoms with E-state index in [1.165, 1.54) is 30.2 Å². The van der Waals surface area contributed by atoms with Gasteiger partial charge in [0.25, 0.3) is 10.0 Å². The lowest BCUT2D eigenvalue weighted by Crippen LogP contribution is -2.52. The molecule has 0 spiro atoms. The number of nitrogens with one attached hydrogen (secondary N) is 1. The molecule has 3 aromatic carbocycles. The van der Waals surface area contributed by atoms with Crippen molar-refractivity contribution >= 4 is 39.1 Å². The number of carbonyl (C=O) groups excluding carboxylic acids is 2. The van der Waals surface area contributed by atoms with E-state index in [9.17, 15) is 18.0 Å². The number of rotatable bonds is 15. The van der Waals surface area contributed by atoms with Crippen LogP contribution in [0.3, 0.4) is 0 Å². The number of carbonyl (C=O) groups is 2. The van der Waals surface area contributed by atoms with Crippen molar-refractivity contribution in [2.45, 2.75) is 50.6 Å². The second-order valence-electron chi connectivity index (χ2n) is 9.58. The summed E-state index contributed by atoms with van der Waals surface area (Å²) in [6.45, 7) is 3.77. The van der Waals surface area contributed by atoms with E-state index >= 15 is 0 Å². The maximum Gasteiger partial charge on any atom is 0.264 e. The average molecular weight is 616 g/mol. The van der Waals surface area contributed by atoms with Crippen molar-refractivity contribution in [3.8, 4) is 11.5 Å². The van der Waals surface area contributed by atoms with E-state index in [0.29, 0.717) is 18.7 Å². The van der Waals surface area contributed by atoms with Gasteiger partial charge in [-0.1, -0.05) is 62.2 Å². The summed E-state index contributed by atoms with van der Waals surface area (Å²) >= 11 is 6.29. The number of benzene rings is 3. The predicted molar refractivity (Wildman–Crippen MR) is 165 cm³/mol. The number of nitrogens with zero attached hydrogens (tertiary/aromatic N) is 2. The van der Waals surface area contributed by atoms with Crippen LogP contribution in [0.4, 0.5) is 5.69 Å². The number of sulfonamides is 1. The number of anilines is 1. The predicted octanol–water partition coefficient (Wildman–Crippen LogP) is 5.28. The zero-order chi connectivity index (χ0) is 30.7. The van der Waals surface area contributed by atoms with E-state index in [1.54, 1.807) is 55.6 Å². The Labute approximate surface area is 253 Å². The Morgan fingerprint density at radius 1 is 0.952 bits per heavy atom. The molecule has 0 saturated heterocycles. The molecule has 0 fully saturated rings. The Morgan fingerprint density at radius 2 is 1.69 bits per heavy atom. The number of ether oxygens (including phenoxy) is 2. The van der Waals surface area contributed by atoms with E-state index in [0.717, 1.165) is 22.7 Å². The van der Waals surface area contributed by atoms with Crippen LogP contribution in [-0.4, -0.2) is 58.5 Å². The minimum Gasteiger partial charge on any atom is -0.497 e. The summed E-state index contributed by atoms with van der Waals surface area (Å²) in [5.41, 5.74) is 0.823. The Morgan fingerprint density at radius 3 is 2.33 bits per heavy atom. The molecule has 3 rings (SSSR count). The second kappa shape index (κ2) is 15.5. The average Bonchev–Trinajstić information content (AvgIpc) is 3.00. The van der Waals surface area contributed by atoms with Crippen molar-refractivity contribution in [2.75, 3.05) is 31.6 Å². The molecule has 11 heteroatoms. The fourth-order valence-corrected chi connectivity index (χ4v) is 6.09. The van der Waals surface area contributed by atoms with Crippen LogP contribution in [-0.2, 0) is 26.2 Å². The summed E-state index contributed by atoms with van der Waals surface area (Å²) in [7, 11) is -1.31. The highest BCUT2D eigenvalue weighted by atomic mass is 35.5. The van der Waals surface area contributed by atoms with Crippen molar-refractivity contribution in [1.82, 2.24) is 10.2 Å². The molecule has 3 aromatic rings. The molecule has 0 aromatic heterocycles. The standard InChI is InChI=1S/C31H38ClN3O6S/c1-5-7-18-33-31(37)27(6-2)34(21-23-12-11-13-25(19-23)40-3)30(36)22-35(28-20-24(32)16-17-29(28)41-4)42(38,39)26-14-9-8-10-15-26/h8-17,19-20,27H,5-7,18,21-22H2,1-4H3,(H,33,37)/t27-/m1/s1. The maximum atomic E-state index is 14.2. The van der Waals surface area contributed by atoms with Gasteiger partial charge in [-0.15, -0.1) is 0 Å². The first kappa shape index (κ1) is 32.8. The Balaban J connectivity index is 2.10. The van der Waals surface area contributed by atoms with Gasteiger partial charge in [0.2, 0.25) is 11.8 Å². The number of unbranched alkanes of at least 4 members (excludes halogenated alkanes) is 1. The molecule has 1 atom stereocenters. The van der Waals surface area contributed by atoms with Crippen molar-refractivity contribution in [2.24, 2.45) is 0 Å². The quantitative estimate of drug-likeness (QED) is 0.233. The molecule has 0 aliphatic rings.